The lowest BCUT2D eigenvalue weighted by Gasteiger charge is -2.10. The molecule has 1 rings (SSSR count). The normalized spacial score (nSPS) is 12.7. The molecule has 0 aliphatic carbocycles. The quantitative estimate of drug-likeness (QED) is 0.668. The zero-order valence-electron chi connectivity index (χ0n) is 9.36. The lowest BCUT2D eigenvalue weighted by molar-refractivity contribution is 0.299. The maximum absolute atomic E-state index is 11.1. The van der Waals surface area contributed by atoms with Crippen molar-refractivity contribution in [3.05, 3.63) is 23.3 Å². The Hall–Kier alpha value is -1.00. The summed E-state index contributed by atoms with van der Waals surface area (Å²) < 4.78 is 62.1. The molecule has 0 saturated carbocycles. The van der Waals surface area contributed by atoms with Crippen LogP contribution in [0.25, 0.3) is 0 Å². The number of aliphatic hydroxyl groups is 1. The maximum atomic E-state index is 11.1. The molecular formula is C9H12O7S2. The number of hydrogen-bond acceptors (Lipinski definition) is 5. The van der Waals surface area contributed by atoms with Gasteiger partial charge in [0.15, 0.2) is 0 Å². The molecule has 102 valence electrons. The predicted molar refractivity (Wildman–Crippen MR) is 61.6 cm³/mol. The molecule has 0 radical (unpaired) electrons. The summed E-state index contributed by atoms with van der Waals surface area (Å²) in [4.78, 5) is -1.26. The minimum absolute atomic E-state index is 0.00227. The highest BCUT2D eigenvalue weighted by Gasteiger charge is 2.21. The van der Waals surface area contributed by atoms with Crippen LogP contribution >= 0.6 is 0 Å². The zero-order valence-corrected chi connectivity index (χ0v) is 11.0. The van der Waals surface area contributed by atoms with Gasteiger partial charge in [-0.2, -0.15) is 16.8 Å². The van der Waals surface area contributed by atoms with E-state index in [0.29, 0.717) is 6.07 Å². The molecule has 0 atom stereocenters. The fraction of sp³-hybridized carbons (Fsp3) is 0.333. The van der Waals surface area contributed by atoms with Crippen molar-refractivity contribution in [3.63, 3.8) is 0 Å². The molecule has 0 aliphatic heterocycles. The Labute approximate surface area is 105 Å². The molecule has 0 spiro atoms. The van der Waals surface area contributed by atoms with E-state index >= 15 is 0 Å². The van der Waals surface area contributed by atoms with Crippen LogP contribution in [0.15, 0.2) is 21.9 Å². The summed E-state index contributed by atoms with van der Waals surface area (Å²) in [5.41, 5.74) is 0.333. The van der Waals surface area contributed by atoms with Gasteiger partial charge < -0.3 is 5.11 Å². The molecule has 0 unspecified atom stereocenters. The Balaban J connectivity index is 3.68. The second-order valence-electron chi connectivity index (χ2n) is 3.63. The van der Waals surface area contributed by atoms with E-state index in [1.165, 1.54) is 6.92 Å². The Morgan fingerprint density at radius 1 is 1.06 bits per heavy atom. The van der Waals surface area contributed by atoms with E-state index < -0.39 is 30.0 Å². The van der Waals surface area contributed by atoms with Crippen molar-refractivity contribution in [2.24, 2.45) is 0 Å². The van der Waals surface area contributed by atoms with E-state index in [4.69, 9.17) is 14.2 Å². The monoisotopic (exact) mass is 296 g/mol. The van der Waals surface area contributed by atoms with Crippen LogP contribution in [0.2, 0.25) is 0 Å². The Kier molecular flexibility index (Phi) is 4.13. The topological polar surface area (TPSA) is 129 Å². The molecule has 0 saturated heterocycles. The van der Waals surface area contributed by atoms with Gasteiger partial charge in [-0.1, -0.05) is 0 Å². The second-order valence-corrected chi connectivity index (χ2v) is 6.44. The third kappa shape index (κ3) is 3.27. The molecule has 1 aromatic carbocycles. The van der Waals surface area contributed by atoms with Crippen LogP contribution in [0.3, 0.4) is 0 Å². The van der Waals surface area contributed by atoms with Gasteiger partial charge >= 0.3 is 0 Å². The first kappa shape index (κ1) is 15.1. The van der Waals surface area contributed by atoms with Crippen LogP contribution in [-0.2, 0) is 26.7 Å². The highest BCUT2D eigenvalue weighted by molar-refractivity contribution is 7.86. The zero-order chi connectivity index (χ0) is 14.1. The minimum atomic E-state index is -4.61. The van der Waals surface area contributed by atoms with Crippen LogP contribution in [0.1, 0.15) is 11.1 Å². The molecule has 0 amide bonds. The lowest BCUT2D eigenvalue weighted by Crippen LogP contribution is -2.09. The molecular weight excluding hydrogens is 284 g/mol. The van der Waals surface area contributed by atoms with Crippen LogP contribution < -0.4 is 0 Å². The van der Waals surface area contributed by atoms with Gasteiger partial charge in [0.2, 0.25) is 0 Å². The van der Waals surface area contributed by atoms with Gasteiger partial charge in [-0.3, -0.25) is 9.11 Å². The van der Waals surface area contributed by atoms with Crippen molar-refractivity contribution in [1.82, 2.24) is 0 Å². The van der Waals surface area contributed by atoms with Gasteiger partial charge in [0.25, 0.3) is 20.2 Å². The summed E-state index contributed by atoms with van der Waals surface area (Å²) in [6, 6.07) is 1.72. The predicted octanol–water partition coefficient (Wildman–Crippen LogP) is 0.0232. The van der Waals surface area contributed by atoms with Gasteiger partial charge in [0.1, 0.15) is 0 Å². The number of rotatable bonds is 4. The van der Waals surface area contributed by atoms with E-state index in [1.54, 1.807) is 0 Å². The van der Waals surface area contributed by atoms with E-state index in [-0.39, 0.29) is 24.2 Å². The van der Waals surface area contributed by atoms with Crippen molar-refractivity contribution in [2.45, 2.75) is 23.1 Å². The van der Waals surface area contributed by atoms with Crippen LogP contribution in [0.5, 0.6) is 0 Å². The first-order chi connectivity index (χ1) is 8.07. The molecule has 0 aliphatic rings. The van der Waals surface area contributed by atoms with Gasteiger partial charge in [0, 0.05) is 6.61 Å². The first-order valence-corrected chi connectivity index (χ1v) is 7.64. The van der Waals surface area contributed by atoms with Crippen LogP contribution in [0, 0.1) is 6.92 Å². The van der Waals surface area contributed by atoms with Crippen molar-refractivity contribution in [2.75, 3.05) is 6.61 Å². The lowest BCUT2D eigenvalue weighted by atomic mass is 10.1. The summed E-state index contributed by atoms with van der Waals surface area (Å²) in [5.74, 6) is 0. The largest absolute Gasteiger partial charge is 0.396 e. The number of aliphatic hydroxyl groups excluding tert-OH is 1. The Morgan fingerprint density at radius 3 is 2.00 bits per heavy atom. The van der Waals surface area contributed by atoms with Crippen LogP contribution in [-0.4, -0.2) is 37.7 Å². The second kappa shape index (κ2) is 4.94. The van der Waals surface area contributed by atoms with E-state index in [0.717, 1.165) is 6.07 Å². The maximum Gasteiger partial charge on any atom is 0.294 e. The molecule has 18 heavy (non-hydrogen) atoms. The number of hydrogen-bond donors (Lipinski definition) is 3. The molecule has 0 bridgehead atoms. The first-order valence-electron chi connectivity index (χ1n) is 4.76. The molecule has 0 fully saturated rings. The summed E-state index contributed by atoms with van der Waals surface area (Å²) in [7, 11) is -9.21. The molecule has 9 heteroatoms. The van der Waals surface area contributed by atoms with E-state index in [2.05, 4.69) is 0 Å². The van der Waals surface area contributed by atoms with Crippen molar-refractivity contribution in [1.29, 1.82) is 0 Å². The van der Waals surface area contributed by atoms with Crippen LogP contribution in [0.4, 0.5) is 0 Å². The highest BCUT2D eigenvalue weighted by atomic mass is 32.2. The highest BCUT2D eigenvalue weighted by Crippen LogP contribution is 2.24. The summed E-state index contributed by atoms with van der Waals surface area (Å²) in [5, 5.41) is 8.81. The summed E-state index contributed by atoms with van der Waals surface area (Å²) in [6.45, 7) is 1.03. The van der Waals surface area contributed by atoms with Crippen molar-refractivity contribution < 1.29 is 31.0 Å². The van der Waals surface area contributed by atoms with Gasteiger partial charge in [-0.25, -0.2) is 0 Å². The van der Waals surface area contributed by atoms with Crippen molar-refractivity contribution >= 4 is 20.2 Å². The average molecular weight is 296 g/mol. The third-order valence-corrected chi connectivity index (χ3v) is 4.21. The molecule has 7 nitrogen and oxygen atoms in total. The van der Waals surface area contributed by atoms with Gasteiger partial charge in [0.05, 0.1) is 9.79 Å². The molecule has 3 N–H and O–H groups in total. The summed E-state index contributed by atoms with van der Waals surface area (Å²) in [6.07, 6.45) is -0.00227. The molecule has 0 aromatic heterocycles. The van der Waals surface area contributed by atoms with E-state index in [1.807, 2.05) is 0 Å². The third-order valence-electron chi connectivity index (χ3n) is 2.40. The molecule has 1 aromatic rings. The van der Waals surface area contributed by atoms with E-state index in [9.17, 15) is 16.8 Å². The number of benzene rings is 1. The standard InChI is InChI=1S/C9H12O7S2/c1-6-7(2-3-10)4-8(17(11,12)13)5-9(6)18(14,15)16/h4-5,10H,2-3H2,1H3,(H,11,12,13)(H,14,15,16). The Bertz CT molecular complexity index is 658. The minimum Gasteiger partial charge on any atom is -0.396 e. The fourth-order valence-corrected chi connectivity index (χ4v) is 2.94. The fourth-order valence-electron chi connectivity index (χ4n) is 1.51. The SMILES string of the molecule is Cc1c(CCO)cc(S(=O)(=O)O)cc1S(=O)(=O)O. The average Bonchev–Trinajstić information content (AvgIpc) is 2.17. The Morgan fingerprint density at radius 2 is 1.61 bits per heavy atom. The van der Waals surface area contributed by atoms with Gasteiger partial charge in [-0.15, -0.1) is 0 Å². The van der Waals surface area contributed by atoms with Crippen molar-refractivity contribution in [3.8, 4) is 0 Å². The summed E-state index contributed by atoms with van der Waals surface area (Å²) >= 11 is 0. The van der Waals surface area contributed by atoms with Gasteiger partial charge in [-0.05, 0) is 36.6 Å². The smallest absolute Gasteiger partial charge is 0.294 e. The molecule has 0 heterocycles.